The zero-order chi connectivity index (χ0) is 16.1. The molecule has 0 spiro atoms. The Balaban J connectivity index is 1.65. The minimum absolute atomic E-state index is 0.553. The highest BCUT2D eigenvalue weighted by molar-refractivity contribution is 6.30. The summed E-state index contributed by atoms with van der Waals surface area (Å²) >= 11 is 5.92. The van der Waals surface area contributed by atoms with Crippen LogP contribution in [0.2, 0.25) is 5.02 Å². The number of rotatable bonds is 5. The highest BCUT2D eigenvalue weighted by atomic mass is 35.5. The molecule has 114 valence electrons. The fraction of sp³-hybridized carbons (Fsp3) is 0.0476. The van der Waals surface area contributed by atoms with E-state index in [1.807, 2.05) is 54.6 Å². The van der Waals surface area contributed by atoms with E-state index in [-0.39, 0.29) is 0 Å². The van der Waals surface area contributed by atoms with Crippen molar-refractivity contribution in [2.75, 3.05) is 0 Å². The third kappa shape index (κ3) is 4.02. The Morgan fingerprint density at radius 3 is 1.91 bits per heavy atom. The molecule has 0 amide bonds. The van der Waals surface area contributed by atoms with Gasteiger partial charge in [0.05, 0.1) is 0 Å². The molecule has 0 aliphatic carbocycles. The molecule has 3 aromatic carbocycles. The summed E-state index contributed by atoms with van der Waals surface area (Å²) in [6, 6.07) is 24.1. The summed E-state index contributed by atoms with van der Waals surface area (Å²) < 4.78 is 5.83. The van der Waals surface area contributed by atoms with Gasteiger partial charge < -0.3 is 4.74 Å². The average Bonchev–Trinajstić information content (AvgIpc) is 2.61. The van der Waals surface area contributed by atoms with Crippen molar-refractivity contribution in [3.05, 3.63) is 95.5 Å². The van der Waals surface area contributed by atoms with Crippen LogP contribution in [0.4, 0.5) is 0 Å². The Kier molecular flexibility index (Phi) is 4.80. The summed E-state index contributed by atoms with van der Waals surface area (Å²) in [6.07, 6.45) is 1.83. The first-order valence-electron chi connectivity index (χ1n) is 7.45. The van der Waals surface area contributed by atoms with E-state index in [1.54, 1.807) is 0 Å². The summed E-state index contributed by atoms with van der Waals surface area (Å²) in [5.74, 6) is 0.857. The van der Waals surface area contributed by atoms with E-state index in [4.69, 9.17) is 16.3 Å². The molecule has 0 unspecified atom stereocenters. The fourth-order valence-electron chi connectivity index (χ4n) is 2.30. The summed E-state index contributed by atoms with van der Waals surface area (Å²) in [5, 5.41) is 0.746. The first kappa shape index (κ1) is 15.4. The maximum atomic E-state index is 5.92. The van der Waals surface area contributed by atoms with Crippen molar-refractivity contribution in [2.45, 2.75) is 6.61 Å². The van der Waals surface area contributed by atoms with Gasteiger partial charge in [0.2, 0.25) is 0 Å². The molecule has 3 aromatic rings. The lowest BCUT2D eigenvalue weighted by Crippen LogP contribution is -1.95. The van der Waals surface area contributed by atoms with Gasteiger partial charge >= 0.3 is 0 Å². The van der Waals surface area contributed by atoms with Gasteiger partial charge in [-0.2, -0.15) is 0 Å². The lowest BCUT2D eigenvalue weighted by molar-refractivity contribution is 0.306. The molecular weight excluding hydrogens is 304 g/mol. The first-order valence-corrected chi connectivity index (χ1v) is 7.82. The Hall–Kier alpha value is -2.51. The van der Waals surface area contributed by atoms with Crippen LogP contribution in [0.1, 0.15) is 11.1 Å². The molecule has 0 heterocycles. The third-order valence-corrected chi connectivity index (χ3v) is 3.90. The quantitative estimate of drug-likeness (QED) is 0.541. The van der Waals surface area contributed by atoms with E-state index in [1.165, 1.54) is 0 Å². The molecular formula is C21H17ClO. The van der Waals surface area contributed by atoms with E-state index in [9.17, 15) is 0 Å². The zero-order valence-electron chi connectivity index (χ0n) is 12.7. The van der Waals surface area contributed by atoms with Crippen LogP contribution in [0, 0.1) is 0 Å². The summed E-state index contributed by atoms with van der Waals surface area (Å²) in [6.45, 7) is 4.31. The van der Waals surface area contributed by atoms with E-state index in [0.29, 0.717) is 6.61 Å². The molecule has 0 aliphatic rings. The van der Waals surface area contributed by atoms with Gasteiger partial charge in [-0.15, -0.1) is 0 Å². The van der Waals surface area contributed by atoms with Crippen LogP contribution in [0.5, 0.6) is 5.75 Å². The highest BCUT2D eigenvalue weighted by Gasteiger charge is 2.00. The van der Waals surface area contributed by atoms with Crippen LogP contribution < -0.4 is 4.74 Å². The summed E-state index contributed by atoms with van der Waals surface area (Å²) in [7, 11) is 0. The fourth-order valence-corrected chi connectivity index (χ4v) is 2.43. The first-order chi connectivity index (χ1) is 11.2. The molecule has 0 saturated carbocycles. The van der Waals surface area contributed by atoms with Crippen LogP contribution >= 0.6 is 11.6 Å². The second-order valence-electron chi connectivity index (χ2n) is 5.27. The molecule has 0 N–H and O–H groups in total. The van der Waals surface area contributed by atoms with Gasteiger partial charge in [0.25, 0.3) is 0 Å². The van der Waals surface area contributed by atoms with Crippen molar-refractivity contribution in [1.29, 1.82) is 0 Å². The van der Waals surface area contributed by atoms with Gasteiger partial charge in [0.15, 0.2) is 0 Å². The lowest BCUT2D eigenvalue weighted by Gasteiger charge is -2.08. The number of hydrogen-bond acceptors (Lipinski definition) is 1. The molecule has 1 nitrogen and oxygen atoms in total. The van der Waals surface area contributed by atoms with E-state index < -0.39 is 0 Å². The van der Waals surface area contributed by atoms with E-state index >= 15 is 0 Å². The SMILES string of the molecule is C=Cc1ccc(COc2ccc(-c3ccc(Cl)cc3)cc2)cc1. The second-order valence-corrected chi connectivity index (χ2v) is 5.70. The van der Waals surface area contributed by atoms with Gasteiger partial charge in [0, 0.05) is 5.02 Å². The second kappa shape index (κ2) is 7.17. The van der Waals surface area contributed by atoms with Crippen LogP contribution in [-0.4, -0.2) is 0 Å². The van der Waals surface area contributed by atoms with Crippen molar-refractivity contribution in [3.63, 3.8) is 0 Å². The van der Waals surface area contributed by atoms with Crippen molar-refractivity contribution < 1.29 is 4.74 Å². The van der Waals surface area contributed by atoms with Gasteiger partial charge in [-0.3, -0.25) is 0 Å². The van der Waals surface area contributed by atoms with Crippen LogP contribution in [-0.2, 0) is 6.61 Å². The molecule has 0 aliphatic heterocycles. The van der Waals surface area contributed by atoms with Gasteiger partial charge in [0.1, 0.15) is 12.4 Å². The molecule has 3 rings (SSSR count). The van der Waals surface area contributed by atoms with Crippen molar-refractivity contribution in [2.24, 2.45) is 0 Å². The molecule has 0 atom stereocenters. The molecule has 0 aromatic heterocycles. The molecule has 0 fully saturated rings. The average molecular weight is 321 g/mol. The maximum Gasteiger partial charge on any atom is 0.119 e. The number of benzene rings is 3. The number of hydrogen-bond donors (Lipinski definition) is 0. The molecule has 2 heteroatoms. The minimum atomic E-state index is 0.553. The Morgan fingerprint density at radius 2 is 1.35 bits per heavy atom. The van der Waals surface area contributed by atoms with E-state index in [2.05, 4.69) is 30.8 Å². The lowest BCUT2D eigenvalue weighted by atomic mass is 10.1. The standard InChI is InChI=1S/C21H17ClO/c1-2-16-3-5-17(6-4-16)15-23-21-13-9-19(10-14-21)18-7-11-20(22)12-8-18/h2-14H,1,15H2. The summed E-state index contributed by atoms with van der Waals surface area (Å²) in [5.41, 5.74) is 4.53. The zero-order valence-corrected chi connectivity index (χ0v) is 13.5. The number of halogens is 1. The maximum absolute atomic E-state index is 5.92. The van der Waals surface area contributed by atoms with Gasteiger partial charge in [-0.25, -0.2) is 0 Å². The molecule has 0 bridgehead atoms. The molecule has 23 heavy (non-hydrogen) atoms. The Morgan fingerprint density at radius 1 is 0.783 bits per heavy atom. The number of ether oxygens (including phenoxy) is 1. The van der Waals surface area contributed by atoms with Crippen LogP contribution in [0.15, 0.2) is 79.4 Å². The Bertz CT molecular complexity index is 772. The van der Waals surface area contributed by atoms with Gasteiger partial charge in [-0.05, 0) is 46.5 Å². The van der Waals surface area contributed by atoms with Crippen molar-refractivity contribution in [3.8, 4) is 16.9 Å². The molecule has 0 radical (unpaired) electrons. The van der Waals surface area contributed by atoms with Crippen LogP contribution in [0.25, 0.3) is 17.2 Å². The largest absolute Gasteiger partial charge is 0.489 e. The minimum Gasteiger partial charge on any atom is -0.489 e. The predicted octanol–water partition coefficient (Wildman–Crippen LogP) is 6.23. The van der Waals surface area contributed by atoms with E-state index in [0.717, 1.165) is 33.0 Å². The van der Waals surface area contributed by atoms with Crippen molar-refractivity contribution in [1.82, 2.24) is 0 Å². The van der Waals surface area contributed by atoms with Crippen molar-refractivity contribution >= 4 is 17.7 Å². The van der Waals surface area contributed by atoms with Gasteiger partial charge in [-0.1, -0.05) is 72.8 Å². The summed E-state index contributed by atoms with van der Waals surface area (Å²) in [4.78, 5) is 0. The predicted molar refractivity (Wildman–Crippen MR) is 97.8 cm³/mol. The molecule has 0 saturated heterocycles. The van der Waals surface area contributed by atoms with Crippen LogP contribution in [0.3, 0.4) is 0 Å². The third-order valence-electron chi connectivity index (χ3n) is 3.65. The Labute approximate surface area is 141 Å². The monoisotopic (exact) mass is 320 g/mol. The smallest absolute Gasteiger partial charge is 0.119 e. The normalized spacial score (nSPS) is 10.3. The highest BCUT2D eigenvalue weighted by Crippen LogP contribution is 2.24. The topological polar surface area (TPSA) is 9.23 Å².